The smallest absolute Gasteiger partial charge is 0.433 e. The molecule has 0 unspecified atom stereocenters. The molecule has 0 bridgehead atoms. The van der Waals surface area contributed by atoms with Gasteiger partial charge in [-0.15, -0.1) is 0 Å². The number of alkyl halides is 3. The number of nitrogens with zero attached hydrogens (tertiary/aromatic N) is 1. The Bertz CT molecular complexity index is 589. The molecule has 1 heterocycles. The highest BCUT2D eigenvalue weighted by atomic mass is 19.4. The van der Waals surface area contributed by atoms with Crippen LogP contribution in [0, 0.1) is 0 Å². The standard InChI is InChI=1S/C11H9F3N2O2/c12-11(13,14)10-7-3-1-2-6(4-5-8(17)18)9(7)15-16-10/h1-3H,4-5H2,(H,15,16)(H,17,18). The summed E-state index contributed by atoms with van der Waals surface area (Å²) < 4.78 is 37.9. The van der Waals surface area contributed by atoms with Crippen LogP contribution in [-0.4, -0.2) is 21.3 Å². The van der Waals surface area contributed by atoms with Crippen molar-refractivity contribution in [3.05, 3.63) is 29.5 Å². The number of rotatable bonds is 3. The molecule has 96 valence electrons. The highest BCUT2D eigenvalue weighted by molar-refractivity contribution is 5.85. The molecule has 0 spiro atoms. The van der Waals surface area contributed by atoms with Crippen molar-refractivity contribution in [3.63, 3.8) is 0 Å². The molecule has 0 fully saturated rings. The summed E-state index contributed by atoms with van der Waals surface area (Å²) in [5, 5.41) is 14.1. The van der Waals surface area contributed by atoms with Gasteiger partial charge < -0.3 is 5.11 Å². The third kappa shape index (κ3) is 2.29. The van der Waals surface area contributed by atoms with Crippen LogP contribution < -0.4 is 0 Å². The fraction of sp³-hybridized carbons (Fsp3) is 0.273. The summed E-state index contributed by atoms with van der Waals surface area (Å²) in [6, 6.07) is 4.35. The summed E-state index contributed by atoms with van der Waals surface area (Å²) in [7, 11) is 0. The van der Waals surface area contributed by atoms with Crippen LogP contribution in [0.4, 0.5) is 13.2 Å². The topological polar surface area (TPSA) is 66.0 Å². The maximum absolute atomic E-state index is 12.6. The van der Waals surface area contributed by atoms with Crippen molar-refractivity contribution in [2.75, 3.05) is 0 Å². The van der Waals surface area contributed by atoms with E-state index in [2.05, 4.69) is 5.10 Å². The van der Waals surface area contributed by atoms with E-state index in [1.54, 1.807) is 6.07 Å². The maximum Gasteiger partial charge on any atom is 0.433 e. The average molecular weight is 258 g/mol. The number of aliphatic carboxylic acids is 1. The van der Waals surface area contributed by atoms with Gasteiger partial charge in [-0.25, -0.2) is 0 Å². The predicted molar refractivity (Wildman–Crippen MR) is 57.1 cm³/mol. The van der Waals surface area contributed by atoms with Gasteiger partial charge in [0.1, 0.15) is 5.69 Å². The molecule has 0 aliphatic rings. The summed E-state index contributed by atoms with van der Waals surface area (Å²) in [4.78, 5) is 10.5. The SMILES string of the molecule is O=C(O)CCc1cccc2c(C(F)(F)F)[nH]nc12. The van der Waals surface area contributed by atoms with Crippen LogP contribution in [0.5, 0.6) is 0 Å². The number of fused-ring (bicyclic) bond motifs is 1. The number of benzene rings is 1. The van der Waals surface area contributed by atoms with Gasteiger partial charge in [-0.2, -0.15) is 18.3 Å². The highest BCUT2D eigenvalue weighted by Crippen LogP contribution is 2.33. The van der Waals surface area contributed by atoms with E-state index < -0.39 is 17.8 Å². The minimum atomic E-state index is -4.50. The zero-order valence-electron chi connectivity index (χ0n) is 9.08. The third-order valence-corrected chi connectivity index (χ3v) is 2.56. The molecule has 2 N–H and O–H groups in total. The van der Waals surface area contributed by atoms with E-state index in [0.29, 0.717) is 5.56 Å². The zero-order valence-corrected chi connectivity index (χ0v) is 9.08. The number of nitrogens with one attached hydrogen (secondary N) is 1. The van der Waals surface area contributed by atoms with Gasteiger partial charge in [0.15, 0.2) is 0 Å². The fourth-order valence-electron chi connectivity index (χ4n) is 1.76. The molecule has 2 aromatic rings. The first-order chi connectivity index (χ1) is 8.39. The van der Waals surface area contributed by atoms with Gasteiger partial charge in [-0.05, 0) is 12.0 Å². The van der Waals surface area contributed by atoms with Crippen molar-refractivity contribution in [1.29, 1.82) is 0 Å². The van der Waals surface area contributed by atoms with Gasteiger partial charge in [0.05, 0.1) is 5.52 Å². The van der Waals surface area contributed by atoms with Gasteiger partial charge >= 0.3 is 12.1 Å². The Morgan fingerprint density at radius 1 is 1.39 bits per heavy atom. The van der Waals surface area contributed by atoms with Crippen molar-refractivity contribution < 1.29 is 23.1 Å². The third-order valence-electron chi connectivity index (χ3n) is 2.56. The Morgan fingerprint density at radius 2 is 2.11 bits per heavy atom. The van der Waals surface area contributed by atoms with Crippen LogP contribution in [0.25, 0.3) is 10.9 Å². The molecule has 0 radical (unpaired) electrons. The molecule has 0 aliphatic carbocycles. The van der Waals surface area contributed by atoms with Crippen molar-refractivity contribution in [1.82, 2.24) is 10.2 Å². The average Bonchev–Trinajstić information content (AvgIpc) is 2.69. The van der Waals surface area contributed by atoms with E-state index in [1.165, 1.54) is 12.1 Å². The van der Waals surface area contributed by atoms with Crippen LogP contribution in [0.15, 0.2) is 18.2 Å². The number of carbonyl (C=O) groups is 1. The highest BCUT2D eigenvalue weighted by Gasteiger charge is 2.35. The summed E-state index contributed by atoms with van der Waals surface area (Å²) in [6.07, 6.45) is -4.50. The lowest BCUT2D eigenvalue weighted by atomic mass is 10.1. The van der Waals surface area contributed by atoms with Gasteiger partial charge in [0, 0.05) is 11.8 Å². The summed E-state index contributed by atoms with van der Waals surface area (Å²) in [5.74, 6) is -1.00. The lowest BCUT2D eigenvalue weighted by molar-refractivity contribution is -0.140. The van der Waals surface area contributed by atoms with Gasteiger partial charge in [-0.1, -0.05) is 18.2 Å². The number of carboxylic acid groups (broad SMARTS) is 1. The number of aromatic amines is 1. The van der Waals surface area contributed by atoms with Crippen molar-refractivity contribution in [3.8, 4) is 0 Å². The number of H-pyrrole nitrogens is 1. The first kappa shape index (κ1) is 12.4. The number of para-hydroxylation sites is 1. The molecule has 0 saturated carbocycles. The Balaban J connectivity index is 2.45. The van der Waals surface area contributed by atoms with E-state index in [1.807, 2.05) is 5.10 Å². The van der Waals surface area contributed by atoms with Crippen LogP contribution in [0.1, 0.15) is 17.7 Å². The molecule has 0 saturated heterocycles. The molecular formula is C11H9F3N2O2. The predicted octanol–water partition coefficient (Wildman–Crippen LogP) is 2.60. The zero-order chi connectivity index (χ0) is 13.3. The van der Waals surface area contributed by atoms with Crippen molar-refractivity contribution in [2.45, 2.75) is 19.0 Å². The van der Waals surface area contributed by atoms with Crippen LogP contribution >= 0.6 is 0 Å². The Morgan fingerprint density at radius 3 is 2.72 bits per heavy atom. The number of aromatic nitrogens is 2. The second kappa shape index (κ2) is 4.32. The normalized spacial score (nSPS) is 11.9. The number of aryl methyl sites for hydroxylation is 1. The first-order valence-corrected chi connectivity index (χ1v) is 5.14. The van der Waals surface area contributed by atoms with E-state index in [-0.39, 0.29) is 23.7 Å². The van der Waals surface area contributed by atoms with Crippen molar-refractivity contribution >= 4 is 16.9 Å². The molecule has 0 atom stereocenters. The van der Waals surface area contributed by atoms with Gasteiger partial charge in [0.2, 0.25) is 0 Å². The van der Waals surface area contributed by atoms with Crippen LogP contribution in [0.3, 0.4) is 0 Å². The lowest BCUT2D eigenvalue weighted by Crippen LogP contribution is -2.05. The number of hydrogen-bond acceptors (Lipinski definition) is 2. The Hall–Kier alpha value is -2.05. The van der Waals surface area contributed by atoms with Crippen molar-refractivity contribution in [2.24, 2.45) is 0 Å². The minimum Gasteiger partial charge on any atom is -0.481 e. The first-order valence-electron chi connectivity index (χ1n) is 5.14. The second-order valence-corrected chi connectivity index (χ2v) is 3.80. The Kier molecular flexibility index (Phi) is 2.98. The summed E-state index contributed by atoms with van der Waals surface area (Å²) in [6.45, 7) is 0. The molecule has 4 nitrogen and oxygen atoms in total. The maximum atomic E-state index is 12.6. The molecule has 2 rings (SSSR count). The van der Waals surface area contributed by atoms with E-state index in [9.17, 15) is 18.0 Å². The molecule has 0 aliphatic heterocycles. The summed E-state index contributed by atoms with van der Waals surface area (Å²) >= 11 is 0. The summed E-state index contributed by atoms with van der Waals surface area (Å²) in [5.41, 5.74) is -0.248. The molecule has 18 heavy (non-hydrogen) atoms. The largest absolute Gasteiger partial charge is 0.481 e. The number of carboxylic acids is 1. The number of halogens is 3. The molecule has 1 aromatic heterocycles. The number of hydrogen-bond donors (Lipinski definition) is 2. The minimum absolute atomic E-state index is 0.0367. The van der Waals surface area contributed by atoms with Gasteiger partial charge in [-0.3, -0.25) is 9.89 Å². The van der Waals surface area contributed by atoms with Crippen LogP contribution in [-0.2, 0) is 17.4 Å². The monoisotopic (exact) mass is 258 g/mol. The molecular weight excluding hydrogens is 249 g/mol. The van der Waals surface area contributed by atoms with Gasteiger partial charge in [0.25, 0.3) is 0 Å². The van der Waals surface area contributed by atoms with E-state index in [0.717, 1.165) is 0 Å². The second-order valence-electron chi connectivity index (χ2n) is 3.80. The lowest BCUT2D eigenvalue weighted by Gasteiger charge is -2.04. The molecule has 7 heteroatoms. The quantitative estimate of drug-likeness (QED) is 0.889. The molecule has 1 aromatic carbocycles. The fourth-order valence-corrected chi connectivity index (χ4v) is 1.76. The van der Waals surface area contributed by atoms with E-state index in [4.69, 9.17) is 5.11 Å². The van der Waals surface area contributed by atoms with Crippen LogP contribution in [0.2, 0.25) is 0 Å². The van der Waals surface area contributed by atoms with E-state index >= 15 is 0 Å². The Labute approximate surface area is 99.4 Å². The molecule has 0 amide bonds.